The van der Waals surface area contributed by atoms with Gasteiger partial charge in [0.25, 0.3) is 5.56 Å². The Balaban J connectivity index is 2.57. The molecule has 6 nitrogen and oxygen atoms in total. The van der Waals surface area contributed by atoms with Gasteiger partial charge in [0.15, 0.2) is 4.77 Å². The molecule has 0 radical (unpaired) electrons. The summed E-state index contributed by atoms with van der Waals surface area (Å²) in [6.07, 6.45) is 1.85. The molecule has 110 valence electrons. The number of pyridine rings is 1. The molecule has 0 unspecified atom stereocenters. The molecule has 0 spiro atoms. The summed E-state index contributed by atoms with van der Waals surface area (Å²) >= 11 is 11.3. The van der Waals surface area contributed by atoms with Crippen LogP contribution in [-0.4, -0.2) is 25.6 Å². The normalized spacial score (nSPS) is 14.6. The number of carboxylic acid groups (broad SMARTS) is 1. The first-order chi connectivity index (χ1) is 9.95. The summed E-state index contributed by atoms with van der Waals surface area (Å²) in [5, 5.41) is 9.48. The van der Waals surface area contributed by atoms with Crippen LogP contribution in [0.1, 0.15) is 41.7 Å². The van der Waals surface area contributed by atoms with Crippen molar-refractivity contribution in [2.45, 2.75) is 32.2 Å². The highest BCUT2D eigenvalue weighted by Gasteiger charge is 2.32. The van der Waals surface area contributed by atoms with E-state index in [0.29, 0.717) is 12.2 Å². The highest BCUT2D eigenvalue weighted by atomic mass is 35.5. The Kier molecular flexibility index (Phi) is 3.33. The number of fused-ring (bicyclic) bond motifs is 1. The lowest BCUT2D eigenvalue weighted by molar-refractivity contribution is 0.0699. The molecule has 2 heterocycles. The number of hydrogen-bond donors (Lipinski definition) is 2. The van der Waals surface area contributed by atoms with E-state index in [4.69, 9.17) is 23.8 Å². The molecule has 0 atom stereocenters. The number of halogens is 1. The van der Waals surface area contributed by atoms with Crippen molar-refractivity contribution >= 4 is 40.8 Å². The number of aromatic amines is 1. The molecule has 1 aliphatic rings. The number of nitrogens with one attached hydrogen (secondary N) is 1. The van der Waals surface area contributed by atoms with Crippen LogP contribution in [0, 0.1) is 4.77 Å². The second-order valence-corrected chi connectivity index (χ2v) is 5.73. The minimum atomic E-state index is -1.24. The molecule has 2 N–H and O–H groups in total. The molecule has 1 saturated carbocycles. The molecule has 0 amide bonds. The van der Waals surface area contributed by atoms with E-state index in [1.54, 1.807) is 4.57 Å². The summed E-state index contributed by atoms with van der Waals surface area (Å²) in [7, 11) is 0. The number of rotatable bonds is 3. The number of carbonyl (C=O) groups is 1. The van der Waals surface area contributed by atoms with Crippen molar-refractivity contribution in [3.63, 3.8) is 0 Å². The van der Waals surface area contributed by atoms with Crippen LogP contribution in [0.15, 0.2) is 4.79 Å². The predicted octanol–water partition coefficient (Wildman–Crippen LogP) is 2.70. The minimum Gasteiger partial charge on any atom is -0.478 e. The average Bonchev–Trinajstić information content (AvgIpc) is 3.23. The second-order valence-electron chi connectivity index (χ2n) is 4.97. The molecule has 3 rings (SSSR count). The van der Waals surface area contributed by atoms with Gasteiger partial charge < -0.3 is 9.67 Å². The van der Waals surface area contributed by atoms with Crippen LogP contribution in [0.4, 0.5) is 0 Å². The van der Waals surface area contributed by atoms with Gasteiger partial charge in [-0.05, 0) is 32.0 Å². The van der Waals surface area contributed by atoms with Gasteiger partial charge in [0, 0.05) is 12.5 Å². The van der Waals surface area contributed by atoms with E-state index in [0.717, 1.165) is 12.8 Å². The fraction of sp³-hybridized carbons (Fsp3) is 0.385. The van der Waals surface area contributed by atoms with Gasteiger partial charge in [-0.1, -0.05) is 11.6 Å². The zero-order valence-electron chi connectivity index (χ0n) is 11.1. The van der Waals surface area contributed by atoms with E-state index >= 15 is 0 Å². The molecule has 1 aliphatic carbocycles. The maximum atomic E-state index is 12.1. The molecule has 0 bridgehead atoms. The standard InChI is InChI=1S/C13H12ClN3O3S/c1-2-17-10-7(11(18)16-13(17)21)6(12(19)20)8(14)9(15-10)5-3-4-5/h5H,2-4H2,1H3,(H,19,20)(H,16,18,21). The molecule has 1 fully saturated rings. The number of hydrogen-bond acceptors (Lipinski definition) is 4. The maximum Gasteiger partial charge on any atom is 0.338 e. The van der Waals surface area contributed by atoms with Gasteiger partial charge in [-0.25, -0.2) is 9.78 Å². The van der Waals surface area contributed by atoms with Crippen molar-refractivity contribution in [1.82, 2.24) is 14.5 Å². The Morgan fingerprint density at radius 3 is 2.76 bits per heavy atom. The van der Waals surface area contributed by atoms with Crippen LogP contribution in [0.25, 0.3) is 11.0 Å². The van der Waals surface area contributed by atoms with Crippen LogP contribution in [0.2, 0.25) is 5.02 Å². The van der Waals surface area contributed by atoms with Crippen LogP contribution in [0.5, 0.6) is 0 Å². The fourth-order valence-corrected chi connectivity index (χ4v) is 3.10. The summed E-state index contributed by atoms with van der Waals surface area (Å²) in [5.74, 6) is -1.07. The predicted molar refractivity (Wildman–Crippen MR) is 80.8 cm³/mol. The molecule has 0 aromatic carbocycles. The number of aromatic nitrogens is 3. The molecular weight excluding hydrogens is 314 g/mol. The quantitative estimate of drug-likeness (QED) is 0.847. The summed E-state index contributed by atoms with van der Waals surface area (Å²) in [6.45, 7) is 2.32. The van der Waals surface area contributed by atoms with Gasteiger partial charge in [0.05, 0.1) is 21.7 Å². The molecule has 2 aromatic heterocycles. The lowest BCUT2D eigenvalue weighted by Gasteiger charge is -2.13. The van der Waals surface area contributed by atoms with Crippen LogP contribution in [-0.2, 0) is 6.54 Å². The fourth-order valence-electron chi connectivity index (χ4n) is 2.42. The van der Waals surface area contributed by atoms with Gasteiger partial charge >= 0.3 is 5.97 Å². The molecule has 0 aliphatic heterocycles. The van der Waals surface area contributed by atoms with E-state index in [-0.39, 0.29) is 32.3 Å². The van der Waals surface area contributed by atoms with Gasteiger partial charge in [-0.3, -0.25) is 9.78 Å². The largest absolute Gasteiger partial charge is 0.478 e. The average molecular weight is 326 g/mol. The Hall–Kier alpha value is -1.73. The third-order valence-corrected chi connectivity index (χ3v) is 4.29. The minimum absolute atomic E-state index is 0.0210. The van der Waals surface area contributed by atoms with E-state index in [1.807, 2.05) is 6.92 Å². The zero-order chi connectivity index (χ0) is 15.3. The summed E-state index contributed by atoms with van der Waals surface area (Å²) in [6, 6.07) is 0. The first kappa shape index (κ1) is 14.2. The second kappa shape index (κ2) is 4.92. The van der Waals surface area contributed by atoms with Crippen molar-refractivity contribution in [3.05, 3.63) is 31.4 Å². The van der Waals surface area contributed by atoms with Crippen molar-refractivity contribution in [2.75, 3.05) is 0 Å². The number of aromatic carboxylic acids is 1. The third-order valence-electron chi connectivity index (χ3n) is 3.59. The lowest BCUT2D eigenvalue weighted by atomic mass is 10.1. The van der Waals surface area contributed by atoms with Crippen LogP contribution in [0.3, 0.4) is 0 Å². The van der Waals surface area contributed by atoms with Gasteiger partial charge in [-0.2, -0.15) is 0 Å². The lowest BCUT2D eigenvalue weighted by Crippen LogP contribution is -2.19. The zero-order valence-corrected chi connectivity index (χ0v) is 12.7. The van der Waals surface area contributed by atoms with Crippen LogP contribution < -0.4 is 5.56 Å². The monoisotopic (exact) mass is 325 g/mol. The molecule has 8 heteroatoms. The smallest absolute Gasteiger partial charge is 0.338 e. The highest BCUT2D eigenvalue weighted by Crippen LogP contribution is 2.44. The molecule has 2 aromatic rings. The van der Waals surface area contributed by atoms with Crippen molar-refractivity contribution in [2.24, 2.45) is 0 Å². The van der Waals surface area contributed by atoms with Crippen LogP contribution >= 0.6 is 23.8 Å². The maximum absolute atomic E-state index is 12.1. The first-order valence-electron chi connectivity index (χ1n) is 6.55. The van der Waals surface area contributed by atoms with E-state index in [9.17, 15) is 14.7 Å². The topological polar surface area (TPSA) is 88.0 Å². The van der Waals surface area contributed by atoms with Gasteiger partial charge in [0.1, 0.15) is 5.65 Å². The Morgan fingerprint density at radius 2 is 2.24 bits per heavy atom. The van der Waals surface area contributed by atoms with Gasteiger partial charge in [-0.15, -0.1) is 0 Å². The Morgan fingerprint density at radius 1 is 1.57 bits per heavy atom. The molecule has 21 heavy (non-hydrogen) atoms. The van der Waals surface area contributed by atoms with Crippen molar-refractivity contribution in [1.29, 1.82) is 0 Å². The number of H-pyrrole nitrogens is 1. The third kappa shape index (κ3) is 2.16. The number of nitrogens with zero attached hydrogens (tertiary/aromatic N) is 2. The van der Waals surface area contributed by atoms with Crippen molar-refractivity contribution in [3.8, 4) is 0 Å². The van der Waals surface area contributed by atoms with E-state index in [1.165, 1.54) is 0 Å². The summed E-state index contributed by atoms with van der Waals surface area (Å²) in [5.41, 5.74) is 0.0644. The van der Waals surface area contributed by atoms with Crippen molar-refractivity contribution < 1.29 is 9.90 Å². The SMILES string of the molecule is CCn1c(=S)[nH]c(=O)c2c(C(=O)O)c(Cl)c(C3CC3)nc21. The molecular formula is C13H12ClN3O3S. The first-order valence-corrected chi connectivity index (χ1v) is 7.33. The van der Waals surface area contributed by atoms with Gasteiger partial charge in [0.2, 0.25) is 0 Å². The van der Waals surface area contributed by atoms with E-state index in [2.05, 4.69) is 9.97 Å². The highest BCUT2D eigenvalue weighted by molar-refractivity contribution is 7.71. The summed E-state index contributed by atoms with van der Waals surface area (Å²) in [4.78, 5) is 30.6. The Bertz CT molecular complexity index is 883. The number of carboxylic acids is 1. The summed E-state index contributed by atoms with van der Waals surface area (Å²) < 4.78 is 1.84. The Labute approximate surface area is 129 Å². The number of aryl methyl sites for hydroxylation is 1. The van der Waals surface area contributed by atoms with E-state index < -0.39 is 11.5 Å². The molecule has 0 saturated heterocycles.